The highest BCUT2D eigenvalue weighted by atomic mass is 32.2. The van der Waals surface area contributed by atoms with Crippen molar-refractivity contribution >= 4 is 34.5 Å². The maximum absolute atomic E-state index is 12.2. The average Bonchev–Trinajstić information content (AvgIpc) is 3.25. The number of nitrogens with one attached hydrogen (secondary N) is 2. The molecule has 0 bridgehead atoms. The van der Waals surface area contributed by atoms with E-state index in [-0.39, 0.29) is 12.5 Å². The fourth-order valence-corrected chi connectivity index (χ4v) is 3.68. The van der Waals surface area contributed by atoms with Crippen molar-refractivity contribution in [2.75, 3.05) is 50.6 Å². The lowest BCUT2D eigenvalue weighted by Gasteiger charge is -2.10. The van der Waals surface area contributed by atoms with Crippen molar-refractivity contribution in [2.24, 2.45) is 0 Å². The second-order valence-corrected chi connectivity index (χ2v) is 8.29. The van der Waals surface area contributed by atoms with E-state index in [9.17, 15) is 4.79 Å². The fourth-order valence-electron chi connectivity index (χ4n) is 3.11. The Morgan fingerprint density at radius 3 is 2.50 bits per heavy atom. The first-order valence-electron chi connectivity index (χ1n) is 11.4. The molecule has 0 unspecified atom stereocenters. The molecule has 0 aliphatic heterocycles. The van der Waals surface area contributed by atoms with E-state index in [1.165, 1.54) is 0 Å². The second kappa shape index (κ2) is 13.6. The molecular formula is C23H32N6O4S. The third kappa shape index (κ3) is 7.49. The smallest absolute Gasteiger partial charge is 0.258 e. The van der Waals surface area contributed by atoms with Crippen molar-refractivity contribution in [3.63, 3.8) is 0 Å². The number of rotatable bonds is 15. The Morgan fingerprint density at radius 1 is 1.03 bits per heavy atom. The van der Waals surface area contributed by atoms with E-state index in [2.05, 4.69) is 32.6 Å². The van der Waals surface area contributed by atoms with Gasteiger partial charge in [0.1, 0.15) is 17.3 Å². The summed E-state index contributed by atoms with van der Waals surface area (Å²) in [4.78, 5) is 21.5. The molecule has 11 heteroatoms. The molecule has 0 saturated heterocycles. The Hall–Kier alpha value is -3.05. The zero-order valence-corrected chi connectivity index (χ0v) is 20.7. The summed E-state index contributed by atoms with van der Waals surface area (Å²) in [6.07, 6.45) is 1.75. The number of hydrogen-bond donors (Lipinski definition) is 2. The molecule has 2 aromatic heterocycles. The molecule has 3 rings (SSSR count). The summed E-state index contributed by atoms with van der Waals surface area (Å²) in [5.41, 5.74) is 0.727. The maximum Gasteiger partial charge on any atom is 0.258 e. The summed E-state index contributed by atoms with van der Waals surface area (Å²) >= 11 is 1.57. The topological polar surface area (TPSA) is 112 Å². The average molecular weight is 489 g/mol. The van der Waals surface area contributed by atoms with Crippen LogP contribution in [0, 0.1) is 0 Å². The first-order valence-corrected chi connectivity index (χ1v) is 12.4. The van der Waals surface area contributed by atoms with Crippen LogP contribution in [0.15, 0.2) is 35.6 Å². The van der Waals surface area contributed by atoms with Gasteiger partial charge in [-0.05, 0) is 43.9 Å². The van der Waals surface area contributed by atoms with Crippen molar-refractivity contribution in [3.8, 4) is 11.5 Å². The number of aromatic nitrogens is 4. The monoisotopic (exact) mass is 488 g/mol. The summed E-state index contributed by atoms with van der Waals surface area (Å²) in [6.45, 7) is 9.27. The van der Waals surface area contributed by atoms with Gasteiger partial charge in [0.05, 0.1) is 31.3 Å². The van der Waals surface area contributed by atoms with Crippen LogP contribution in [0.4, 0.5) is 5.82 Å². The van der Waals surface area contributed by atoms with Gasteiger partial charge in [-0.1, -0.05) is 18.7 Å². The number of hydrogen-bond acceptors (Lipinski definition) is 9. The summed E-state index contributed by atoms with van der Waals surface area (Å²) in [5, 5.41) is 12.1. The number of carbonyl (C=O) groups excluding carboxylic acids is 1. The molecule has 2 N–H and O–H groups in total. The van der Waals surface area contributed by atoms with Crippen LogP contribution in [-0.4, -0.2) is 70.9 Å². The van der Waals surface area contributed by atoms with Crippen LogP contribution in [0.1, 0.15) is 20.8 Å². The lowest BCUT2D eigenvalue weighted by molar-refractivity contribution is -0.123. The summed E-state index contributed by atoms with van der Waals surface area (Å²) < 4.78 is 18.1. The van der Waals surface area contributed by atoms with Crippen molar-refractivity contribution in [1.29, 1.82) is 0 Å². The maximum atomic E-state index is 12.2. The Balaban J connectivity index is 1.54. The van der Waals surface area contributed by atoms with Crippen molar-refractivity contribution < 1.29 is 19.0 Å². The largest absolute Gasteiger partial charge is 0.494 e. The van der Waals surface area contributed by atoms with E-state index in [4.69, 9.17) is 14.2 Å². The van der Waals surface area contributed by atoms with Crippen LogP contribution in [0.25, 0.3) is 11.0 Å². The molecule has 0 fully saturated rings. The number of thioether (sulfide) groups is 1. The molecule has 34 heavy (non-hydrogen) atoms. The van der Waals surface area contributed by atoms with Crippen LogP contribution >= 0.6 is 11.8 Å². The number of amides is 1. The Kier molecular flexibility index (Phi) is 10.2. The molecule has 1 amide bonds. The summed E-state index contributed by atoms with van der Waals surface area (Å²) in [5.74, 6) is 2.77. The van der Waals surface area contributed by atoms with Gasteiger partial charge in [0.15, 0.2) is 17.4 Å². The highest BCUT2D eigenvalue weighted by Gasteiger charge is 2.13. The first kappa shape index (κ1) is 25.6. The predicted octanol–water partition coefficient (Wildman–Crippen LogP) is 2.98. The quantitative estimate of drug-likeness (QED) is 0.189. The molecule has 0 saturated carbocycles. The minimum atomic E-state index is -0.208. The standard InChI is InChI=1S/C23H32N6O4S/c1-4-31-14-12-25-21-19-15-26-29(22(19)28-23(27-21)34-6-3)13-11-24-20(30)16-33-18-9-7-17(8-10-18)32-5-2/h7-10,15H,4-6,11-14,16H2,1-3H3,(H,24,30)(H,25,27,28). The van der Waals surface area contributed by atoms with E-state index in [1.807, 2.05) is 26.0 Å². The molecular weight excluding hydrogens is 456 g/mol. The molecule has 0 aliphatic rings. The highest BCUT2D eigenvalue weighted by Crippen LogP contribution is 2.24. The lowest BCUT2D eigenvalue weighted by atomic mass is 10.3. The predicted molar refractivity (Wildman–Crippen MR) is 133 cm³/mol. The molecule has 10 nitrogen and oxygen atoms in total. The Labute approximate surface area is 203 Å². The molecule has 0 radical (unpaired) electrons. The van der Waals surface area contributed by atoms with Gasteiger partial charge in [0.2, 0.25) is 0 Å². The second-order valence-electron chi connectivity index (χ2n) is 7.06. The SMILES string of the molecule is CCOCCNc1nc(SCC)nc2c1cnn2CCNC(=O)COc1ccc(OCC)cc1. The minimum Gasteiger partial charge on any atom is -0.494 e. The zero-order chi connectivity index (χ0) is 24.2. The van der Waals surface area contributed by atoms with Gasteiger partial charge in [-0.3, -0.25) is 4.79 Å². The van der Waals surface area contributed by atoms with Crippen molar-refractivity contribution in [3.05, 3.63) is 30.5 Å². The third-order valence-electron chi connectivity index (χ3n) is 4.64. The molecule has 0 spiro atoms. The van der Waals surface area contributed by atoms with Crippen LogP contribution in [0.3, 0.4) is 0 Å². The molecule has 0 aliphatic carbocycles. The number of ether oxygens (including phenoxy) is 3. The first-order chi connectivity index (χ1) is 16.6. The van der Waals surface area contributed by atoms with Gasteiger partial charge in [0, 0.05) is 19.7 Å². The van der Waals surface area contributed by atoms with Crippen LogP contribution in [-0.2, 0) is 16.1 Å². The van der Waals surface area contributed by atoms with E-state index in [0.29, 0.717) is 50.4 Å². The molecule has 0 atom stereocenters. The molecule has 1 aromatic carbocycles. The van der Waals surface area contributed by atoms with Gasteiger partial charge in [-0.25, -0.2) is 14.6 Å². The van der Waals surface area contributed by atoms with Gasteiger partial charge >= 0.3 is 0 Å². The fraction of sp³-hybridized carbons (Fsp3) is 0.478. The Morgan fingerprint density at radius 2 is 1.79 bits per heavy atom. The van der Waals surface area contributed by atoms with Crippen molar-refractivity contribution in [1.82, 2.24) is 25.1 Å². The van der Waals surface area contributed by atoms with Gasteiger partial charge in [0.25, 0.3) is 5.91 Å². The molecule has 2 heterocycles. The summed E-state index contributed by atoms with van der Waals surface area (Å²) in [7, 11) is 0. The third-order valence-corrected chi connectivity index (χ3v) is 5.37. The molecule has 3 aromatic rings. The number of nitrogens with zero attached hydrogens (tertiary/aromatic N) is 4. The van der Waals surface area contributed by atoms with Crippen LogP contribution in [0.5, 0.6) is 11.5 Å². The normalized spacial score (nSPS) is 10.9. The van der Waals surface area contributed by atoms with E-state index in [0.717, 1.165) is 28.4 Å². The van der Waals surface area contributed by atoms with E-state index < -0.39 is 0 Å². The molecule has 184 valence electrons. The zero-order valence-electron chi connectivity index (χ0n) is 19.9. The minimum absolute atomic E-state index is 0.0683. The highest BCUT2D eigenvalue weighted by molar-refractivity contribution is 7.99. The lowest BCUT2D eigenvalue weighted by Crippen LogP contribution is -2.31. The number of fused-ring (bicyclic) bond motifs is 1. The van der Waals surface area contributed by atoms with E-state index >= 15 is 0 Å². The van der Waals surface area contributed by atoms with Crippen LogP contribution < -0.4 is 20.1 Å². The Bertz CT molecular complexity index is 1040. The van der Waals surface area contributed by atoms with Crippen LogP contribution in [0.2, 0.25) is 0 Å². The summed E-state index contributed by atoms with van der Waals surface area (Å²) in [6, 6.07) is 7.18. The number of carbonyl (C=O) groups is 1. The number of anilines is 1. The van der Waals surface area contributed by atoms with Gasteiger partial charge < -0.3 is 24.8 Å². The van der Waals surface area contributed by atoms with E-state index in [1.54, 1.807) is 34.8 Å². The van der Waals surface area contributed by atoms with Crippen molar-refractivity contribution in [2.45, 2.75) is 32.5 Å². The number of benzene rings is 1. The van der Waals surface area contributed by atoms with Gasteiger partial charge in [-0.2, -0.15) is 5.10 Å². The van der Waals surface area contributed by atoms with Gasteiger partial charge in [-0.15, -0.1) is 0 Å².